The highest BCUT2D eigenvalue weighted by Crippen LogP contribution is 2.02. The average Bonchev–Trinajstić information content (AvgIpc) is 2.73. The molecule has 2 aromatic heterocycles. The molecule has 84 valence electrons. The second kappa shape index (κ2) is 4.30. The lowest BCUT2D eigenvalue weighted by atomic mass is 10.3. The minimum absolute atomic E-state index is 0.0289. The van der Waals surface area contributed by atoms with E-state index in [1.165, 1.54) is 0 Å². The molecule has 0 radical (unpaired) electrons. The molecule has 5 nitrogen and oxygen atoms in total. The molecule has 0 aromatic carbocycles. The predicted molar refractivity (Wildman–Crippen MR) is 58.2 cm³/mol. The number of hydrogen-bond donors (Lipinski definition) is 0. The summed E-state index contributed by atoms with van der Waals surface area (Å²) in [6.45, 7) is 4.05. The van der Waals surface area contributed by atoms with Gasteiger partial charge in [0.05, 0.1) is 0 Å². The molecule has 0 aliphatic carbocycles. The predicted octanol–water partition coefficient (Wildman–Crippen LogP) is 1.15. The Bertz CT molecular complexity index is 542. The van der Waals surface area contributed by atoms with Crippen molar-refractivity contribution < 1.29 is 4.42 Å². The van der Waals surface area contributed by atoms with Crippen molar-refractivity contribution in [2.24, 2.45) is 0 Å². The third-order valence-electron chi connectivity index (χ3n) is 2.33. The Morgan fingerprint density at radius 3 is 2.81 bits per heavy atom. The van der Waals surface area contributed by atoms with E-state index in [0.717, 1.165) is 0 Å². The van der Waals surface area contributed by atoms with Crippen molar-refractivity contribution in [3.05, 3.63) is 46.0 Å². The third kappa shape index (κ3) is 2.03. The maximum Gasteiger partial charge on any atom is 0.253 e. The van der Waals surface area contributed by atoms with Gasteiger partial charge in [0, 0.05) is 18.2 Å². The van der Waals surface area contributed by atoms with Crippen LogP contribution in [0.3, 0.4) is 0 Å². The first kappa shape index (κ1) is 10.6. The molecule has 0 saturated carbocycles. The highest BCUT2D eigenvalue weighted by atomic mass is 16.4. The SMILES string of the molecule is CCc1nnc(Cn2cccc(C)c2=O)o1. The van der Waals surface area contributed by atoms with E-state index < -0.39 is 0 Å². The molecule has 0 aliphatic rings. The van der Waals surface area contributed by atoms with E-state index in [2.05, 4.69) is 10.2 Å². The number of aryl methyl sites for hydroxylation is 2. The van der Waals surface area contributed by atoms with Crippen molar-refractivity contribution in [1.82, 2.24) is 14.8 Å². The summed E-state index contributed by atoms with van der Waals surface area (Å²) in [4.78, 5) is 11.7. The molecule has 0 fully saturated rings. The lowest BCUT2D eigenvalue weighted by Crippen LogP contribution is -2.21. The zero-order valence-corrected chi connectivity index (χ0v) is 9.30. The second-order valence-electron chi connectivity index (χ2n) is 3.57. The lowest BCUT2D eigenvalue weighted by molar-refractivity contribution is 0.439. The van der Waals surface area contributed by atoms with Gasteiger partial charge in [-0.05, 0) is 13.0 Å². The Balaban J connectivity index is 2.27. The largest absolute Gasteiger partial charge is 0.423 e. The first-order chi connectivity index (χ1) is 7.70. The van der Waals surface area contributed by atoms with Crippen molar-refractivity contribution in [2.75, 3.05) is 0 Å². The molecule has 0 unspecified atom stereocenters. The van der Waals surface area contributed by atoms with E-state index >= 15 is 0 Å². The molecule has 0 N–H and O–H groups in total. The van der Waals surface area contributed by atoms with Gasteiger partial charge < -0.3 is 8.98 Å². The van der Waals surface area contributed by atoms with E-state index in [-0.39, 0.29) is 5.56 Å². The van der Waals surface area contributed by atoms with E-state index in [0.29, 0.717) is 30.3 Å². The molecule has 0 aliphatic heterocycles. The Hall–Kier alpha value is -1.91. The molecule has 0 amide bonds. The van der Waals surface area contributed by atoms with Gasteiger partial charge in [0.15, 0.2) is 0 Å². The van der Waals surface area contributed by atoms with Crippen LogP contribution in [0.5, 0.6) is 0 Å². The average molecular weight is 219 g/mol. The van der Waals surface area contributed by atoms with Gasteiger partial charge in [0.2, 0.25) is 11.8 Å². The molecule has 2 aromatic rings. The Morgan fingerprint density at radius 1 is 1.38 bits per heavy atom. The van der Waals surface area contributed by atoms with Crippen molar-refractivity contribution in [3.63, 3.8) is 0 Å². The Labute approximate surface area is 92.7 Å². The van der Waals surface area contributed by atoms with Crippen molar-refractivity contribution >= 4 is 0 Å². The van der Waals surface area contributed by atoms with Crippen LogP contribution in [0, 0.1) is 6.92 Å². The van der Waals surface area contributed by atoms with Gasteiger partial charge in [0.1, 0.15) is 6.54 Å². The van der Waals surface area contributed by atoms with Crippen LogP contribution in [-0.4, -0.2) is 14.8 Å². The van der Waals surface area contributed by atoms with Gasteiger partial charge in [-0.3, -0.25) is 4.79 Å². The fourth-order valence-corrected chi connectivity index (χ4v) is 1.42. The maximum absolute atomic E-state index is 11.7. The van der Waals surface area contributed by atoms with Gasteiger partial charge in [-0.2, -0.15) is 0 Å². The van der Waals surface area contributed by atoms with E-state index in [1.54, 1.807) is 23.8 Å². The topological polar surface area (TPSA) is 60.9 Å². The van der Waals surface area contributed by atoms with Crippen LogP contribution in [0.4, 0.5) is 0 Å². The third-order valence-corrected chi connectivity index (χ3v) is 2.33. The van der Waals surface area contributed by atoms with Gasteiger partial charge in [-0.1, -0.05) is 13.0 Å². The van der Waals surface area contributed by atoms with Gasteiger partial charge in [-0.25, -0.2) is 0 Å². The molecule has 5 heteroatoms. The zero-order chi connectivity index (χ0) is 11.5. The van der Waals surface area contributed by atoms with Crippen LogP contribution in [0.2, 0.25) is 0 Å². The van der Waals surface area contributed by atoms with Gasteiger partial charge in [-0.15, -0.1) is 10.2 Å². The molecule has 0 bridgehead atoms. The monoisotopic (exact) mass is 219 g/mol. The summed E-state index contributed by atoms with van der Waals surface area (Å²) in [6, 6.07) is 3.61. The highest BCUT2D eigenvalue weighted by molar-refractivity contribution is 5.08. The summed E-state index contributed by atoms with van der Waals surface area (Å²) in [7, 11) is 0. The number of hydrogen-bond acceptors (Lipinski definition) is 4. The Kier molecular flexibility index (Phi) is 2.85. The maximum atomic E-state index is 11.7. The molecule has 16 heavy (non-hydrogen) atoms. The van der Waals surface area contributed by atoms with Crippen LogP contribution >= 0.6 is 0 Å². The smallest absolute Gasteiger partial charge is 0.253 e. The molecular weight excluding hydrogens is 206 g/mol. The summed E-state index contributed by atoms with van der Waals surface area (Å²) >= 11 is 0. The standard InChI is InChI=1S/C11H13N3O2/c1-3-9-12-13-10(16-9)7-14-6-4-5-8(2)11(14)15/h4-6H,3,7H2,1-2H3. The highest BCUT2D eigenvalue weighted by Gasteiger charge is 2.06. The molecule has 0 atom stereocenters. The Morgan fingerprint density at radius 2 is 2.12 bits per heavy atom. The summed E-state index contributed by atoms with van der Waals surface area (Å²) in [5, 5.41) is 7.73. The van der Waals surface area contributed by atoms with Gasteiger partial charge >= 0.3 is 0 Å². The van der Waals surface area contributed by atoms with Crippen molar-refractivity contribution in [2.45, 2.75) is 26.8 Å². The first-order valence-electron chi connectivity index (χ1n) is 5.18. The van der Waals surface area contributed by atoms with Crippen LogP contribution in [0.15, 0.2) is 27.5 Å². The summed E-state index contributed by atoms with van der Waals surface area (Å²) in [5.74, 6) is 1.06. The zero-order valence-electron chi connectivity index (χ0n) is 9.30. The quantitative estimate of drug-likeness (QED) is 0.777. The number of nitrogens with zero attached hydrogens (tertiary/aromatic N) is 3. The van der Waals surface area contributed by atoms with E-state index in [1.807, 2.05) is 13.0 Å². The molecule has 2 heterocycles. The minimum Gasteiger partial charge on any atom is -0.423 e. The lowest BCUT2D eigenvalue weighted by Gasteiger charge is -2.02. The summed E-state index contributed by atoms with van der Waals surface area (Å²) in [5.41, 5.74) is 0.677. The number of rotatable bonds is 3. The van der Waals surface area contributed by atoms with Gasteiger partial charge in [0.25, 0.3) is 5.56 Å². The minimum atomic E-state index is -0.0289. The number of pyridine rings is 1. The second-order valence-corrected chi connectivity index (χ2v) is 3.57. The fourth-order valence-electron chi connectivity index (χ4n) is 1.42. The van der Waals surface area contributed by atoms with Crippen LogP contribution in [0.1, 0.15) is 24.3 Å². The van der Waals surface area contributed by atoms with Crippen molar-refractivity contribution in [1.29, 1.82) is 0 Å². The van der Waals surface area contributed by atoms with Crippen LogP contribution in [-0.2, 0) is 13.0 Å². The summed E-state index contributed by atoms with van der Waals surface area (Å²) in [6.07, 6.45) is 2.42. The van der Waals surface area contributed by atoms with Crippen molar-refractivity contribution in [3.8, 4) is 0 Å². The first-order valence-corrected chi connectivity index (χ1v) is 5.18. The normalized spacial score (nSPS) is 10.6. The molecule has 0 spiro atoms. The van der Waals surface area contributed by atoms with E-state index in [9.17, 15) is 4.79 Å². The fraction of sp³-hybridized carbons (Fsp3) is 0.364. The van der Waals surface area contributed by atoms with E-state index in [4.69, 9.17) is 4.42 Å². The number of aromatic nitrogens is 3. The van der Waals surface area contributed by atoms with Crippen LogP contribution in [0.25, 0.3) is 0 Å². The summed E-state index contributed by atoms with van der Waals surface area (Å²) < 4.78 is 6.91. The molecule has 2 rings (SSSR count). The van der Waals surface area contributed by atoms with Crippen LogP contribution < -0.4 is 5.56 Å². The molecule has 0 saturated heterocycles. The molecular formula is C11H13N3O2.